The monoisotopic (exact) mass is 417 g/mol. The molecule has 9 heteroatoms. The molecule has 9 nitrogen and oxygen atoms in total. The second kappa shape index (κ2) is 8.12. The molecular weight excluding hydrogens is 390 g/mol. The highest BCUT2D eigenvalue weighted by atomic mass is 16.4. The second-order valence-electron chi connectivity index (χ2n) is 8.54. The molecule has 2 heterocycles. The van der Waals surface area contributed by atoms with E-state index < -0.39 is 34.7 Å². The van der Waals surface area contributed by atoms with Crippen molar-refractivity contribution < 1.29 is 24.6 Å². The third-order valence-electron chi connectivity index (χ3n) is 6.60. The molecule has 1 aromatic heterocycles. The van der Waals surface area contributed by atoms with Crippen molar-refractivity contribution in [3.8, 4) is 5.75 Å². The molecule has 162 valence electrons. The van der Waals surface area contributed by atoms with E-state index in [1.54, 1.807) is 0 Å². The third kappa shape index (κ3) is 3.57. The summed E-state index contributed by atoms with van der Waals surface area (Å²) >= 11 is 0. The molecule has 1 unspecified atom stereocenters. The van der Waals surface area contributed by atoms with Crippen molar-refractivity contribution in [3.05, 3.63) is 27.7 Å². The minimum atomic E-state index is -1.49. The lowest BCUT2D eigenvalue weighted by Gasteiger charge is -2.41. The van der Waals surface area contributed by atoms with Gasteiger partial charge in [0.2, 0.25) is 11.3 Å². The highest BCUT2D eigenvalue weighted by molar-refractivity contribution is 6.00. The van der Waals surface area contributed by atoms with Crippen LogP contribution in [0.5, 0.6) is 5.75 Å². The fraction of sp³-hybridized carbons (Fsp3) is 0.619. The molecule has 0 aromatic carbocycles. The van der Waals surface area contributed by atoms with Gasteiger partial charge in [0.25, 0.3) is 5.91 Å². The predicted molar refractivity (Wildman–Crippen MR) is 107 cm³/mol. The van der Waals surface area contributed by atoms with Crippen molar-refractivity contribution in [1.29, 1.82) is 0 Å². The lowest BCUT2D eigenvalue weighted by atomic mass is 9.95. The number of nitrogens with one attached hydrogen (secondary N) is 1. The number of rotatable bonds is 4. The molecule has 1 aliphatic heterocycles. The van der Waals surface area contributed by atoms with Crippen LogP contribution in [0.25, 0.3) is 0 Å². The minimum absolute atomic E-state index is 0.00421. The van der Waals surface area contributed by atoms with Crippen molar-refractivity contribution in [3.63, 3.8) is 0 Å². The Balaban J connectivity index is 1.72. The summed E-state index contributed by atoms with van der Waals surface area (Å²) in [6, 6.07) is -0.870. The summed E-state index contributed by atoms with van der Waals surface area (Å²) in [6.07, 6.45) is 9.55. The first-order chi connectivity index (χ1) is 14.4. The van der Waals surface area contributed by atoms with Crippen LogP contribution in [0.4, 0.5) is 0 Å². The molecule has 0 spiro atoms. The van der Waals surface area contributed by atoms with Crippen LogP contribution in [0.3, 0.4) is 0 Å². The summed E-state index contributed by atoms with van der Waals surface area (Å²) in [6.45, 7) is 0.00421. The molecule has 2 saturated carbocycles. The molecule has 4 rings (SSSR count). The smallest absolute Gasteiger partial charge is 0.341 e. The van der Waals surface area contributed by atoms with Crippen molar-refractivity contribution >= 4 is 17.8 Å². The van der Waals surface area contributed by atoms with Gasteiger partial charge < -0.3 is 25.0 Å². The number of carbonyl (C=O) groups excluding carboxylic acids is 2. The van der Waals surface area contributed by atoms with Crippen LogP contribution in [-0.4, -0.2) is 55.6 Å². The van der Waals surface area contributed by atoms with Gasteiger partial charge in [-0.05, 0) is 25.7 Å². The molecule has 30 heavy (non-hydrogen) atoms. The van der Waals surface area contributed by atoms with Gasteiger partial charge in [-0.1, -0.05) is 32.1 Å². The number of carbonyl (C=O) groups is 3. The van der Waals surface area contributed by atoms with E-state index in [0.29, 0.717) is 0 Å². The maximum Gasteiger partial charge on any atom is 0.341 e. The van der Waals surface area contributed by atoms with Crippen LogP contribution >= 0.6 is 0 Å². The van der Waals surface area contributed by atoms with Gasteiger partial charge in [0.1, 0.15) is 11.6 Å². The maximum atomic E-state index is 13.3. The first-order valence-electron chi connectivity index (χ1n) is 10.7. The topological polar surface area (TPSA) is 129 Å². The van der Waals surface area contributed by atoms with Crippen LogP contribution in [-0.2, 0) is 11.3 Å². The van der Waals surface area contributed by atoms with E-state index >= 15 is 0 Å². The van der Waals surface area contributed by atoms with Crippen molar-refractivity contribution in [1.82, 2.24) is 14.8 Å². The number of amides is 2. The SMILES string of the molecule is O=C(O)c1cn2c(c(O)c1=O)C(=O)N(C1CCCC1)C(C(=O)NC1CCCCC1)C2. The lowest BCUT2D eigenvalue weighted by Crippen LogP contribution is -2.59. The van der Waals surface area contributed by atoms with Gasteiger partial charge >= 0.3 is 5.97 Å². The second-order valence-corrected chi connectivity index (χ2v) is 8.54. The average Bonchev–Trinajstić information content (AvgIpc) is 3.25. The molecule has 1 aromatic rings. The first kappa shape index (κ1) is 20.4. The summed E-state index contributed by atoms with van der Waals surface area (Å²) in [4.78, 5) is 51.7. The van der Waals surface area contributed by atoms with Crippen molar-refractivity contribution in [2.24, 2.45) is 0 Å². The summed E-state index contributed by atoms with van der Waals surface area (Å²) in [5.41, 5.74) is -1.94. The zero-order chi connectivity index (χ0) is 21.4. The molecule has 2 amide bonds. The molecular formula is C21H27N3O6. The number of fused-ring (bicyclic) bond motifs is 1. The van der Waals surface area contributed by atoms with Gasteiger partial charge in [-0.25, -0.2) is 4.79 Å². The van der Waals surface area contributed by atoms with Crippen LogP contribution in [0.1, 0.15) is 78.6 Å². The highest BCUT2D eigenvalue weighted by Gasteiger charge is 2.43. The van der Waals surface area contributed by atoms with Crippen LogP contribution in [0, 0.1) is 0 Å². The predicted octanol–water partition coefficient (Wildman–Crippen LogP) is 1.47. The van der Waals surface area contributed by atoms with Crippen LogP contribution < -0.4 is 10.7 Å². The Hall–Kier alpha value is -2.84. The van der Waals surface area contributed by atoms with E-state index in [1.165, 1.54) is 9.47 Å². The largest absolute Gasteiger partial charge is 0.503 e. The van der Waals surface area contributed by atoms with E-state index in [4.69, 9.17) is 0 Å². The summed E-state index contributed by atoms with van der Waals surface area (Å²) < 4.78 is 1.25. The minimum Gasteiger partial charge on any atom is -0.503 e. The molecule has 2 aliphatic carbocycles. The number of pyridine rings is 1. The Morgan fingerprint density at radius 2 is 1.63 bits per heavy atom. The Labute approximate surface area is 173 Å². The van der Waals surface area contributed by atoms with Crippen LogP contribution in [0.15, 0.2) is 11.0 Å². The summed E-state index contributed by atoms with van der Waals surface area (Å²) in [5, 5.41) is 22.7. The van der Waals surface area contributed by atoms with Gasteiger partial charge in [0, 0.05) is 18.3 Å². The first-order valence-corrected chi connectivity index (χ1v) is 10.7. The zero-order valence-corrected chi connectivity index (χ0v) is 16.8. The van der Waals surface area contributed by atoms with Gasteiger partial charge in [0.15, 0.2) is 11.4 Å². The zero-order valence-electron chi connectivity index (χ0n) is 16.8. The van der Waals surface area contributed by atoms with Crippen molar-refractivity contribution in [2.75, 3.05) is 0 Å². The van der Waals surface area contributed by atoms with E-state index in [9.17, 15) is 29.4 Å². The Bertz CT molecular complexity index is 927. The maximum absolute atomic E-state index is 13.3. The fourth-order valence-corrected chi connectivity index (χ4v) is 5.06. The van der Waals surface area contributed by atoms with Gasteiger partial charge in [-0.2, -0.15) is 0 Å². The Morgan fingerprint density at radius 1 is 1.00 bits per heavy atom. The molecule has 2 fully saturated rings. The third-order valence-corrected chi connectivity index (χ3v) is 6.60. The average molecular weight is 417 g/mol. The van der Waals surface area contributed by atoms with Gasteiger partial charge in [0.05, 0.1) is 6.54 Å². The number of hydrogen-bond donors (Lipinski definition) is 3. The summed E-state index contributed by atoms with van der Waals surface area (Å²) in [7, 11) is 0. The number of hydrogen-bond acceptors (Lipinski definition) is 5. The van der Waals surface area contributed by atoms with E-state index in [0.717, 1.165) is 64.0 Å². The van der Waals surface area contributed by atoms with E-state index in [-0.39, 0.29) is 30.2 Å². The lowest BCUT2D eigenvalue weighted by molar-refractivity contribution is -0.128. The Kier molecular flexibility index (Phi) is 5.53. The summed E-state index contributed by atoms with van der Waals surface area (Å²) in [5.74, 6) is -3.21. The van der Waals surface area contributed by atoms with Gasteiger partial charge in [-0.3, -0.25) is 14.4 Å². The standard InChI is InChI=1S/C21H27N3O6/c25-17-14(21(29)30)10-23-11-15(19(27)22-12-6-2-1-3-7-12)24(13-8-4-5-9-13)20(28)16(23)18(17)26/h10,12-13,15,26H,1-9,11H2,(H,22,27)(H,29,30). The van der Waals surface area contributed by atoms with E-state index in [2.05, 4.69) is 5.32 Å². The number of aromatic hydroxyl groups is 1. The number of carboxylic acid groups (broad SMARTS) is 1. The fourth-order valence-electron chi connectivity index (χ4n) is 5.06. The van der Waals surface area contributed by atoms with Gasteiger partial charge in [-0.15, -0.1) is 0 Å². The van der Waals surface area contributed by atoms with Crippen LogP contribution in [0.2, 0.25) is 0 Å². The molecule has 0 bridgehead atoms. The quantitative estimate of drug-likeness (QED) is 0.680. The number of aromatic nitrogens is 1. The normalized spacial score (nSPS) is 22.7. The van der Waals surface area contributed by atoms with Crippen molar-refractivity contribution in [2.45, 2.75) is 82.5 Å². The van der Waals surface area contributed by atoms with E-state index in [1.807, 2.05) is 0 Å². The molecule has 0 saturated heterocycles. The number of aromatic carboxylic acids is 1. The highest BCUT2D eigenvalue weighted by Crippen LogP contribution is 2.32. The molecule has 1 atom stereocenters. The Morgan fingerprint density at radius 3 is 2.27 bits per heavy atom. The number of carboxylic acids is 1. The molecule has 0 radical (unpaired) electrons. The number of nitrogens with zero attached hydrogens (tertiary/aromatic N) is 2. The molecule has 3 aliphatic rings. The molecule has 3 N–H and O–H groups in total.